The van der Waals surface area contributed by atoms with E-state index >= 15 is 0 Å². The molecule has 16 heavy (non-hydrogen) atoms. The quantitative estimate of drug-likeness (QED) is 0.671. The summed E-state index contributed by atoms with van der Waals surface area (Å²) in [6.45, 7) is 9.89. The lowest BCUT2D eigenvalue weighted by molar-refractivity contribution is -0.122. The fourth-order valence-electron chi connectivity index (χ4n) is 1.95. The molecule has 0 aromatic carbocycles. The van der Waals surface area contributed by atoms with Crippen LogP contribution in [-0.2, 0) is 9.53 Å². The van der Waals surface area contributed by atoms with Gasteiger partial charge >= 0.3 is 0 Å². The Balaban J connectivity index is 2.58. The van der Waals surface area contributed by atoms with E-state index in [4.69, 9.17) is 10.5 Å². The van der Waals surface area contributed by atoms with Gasteiger partial charge in [-0.1, -0.05) is 6.92 Å². The smallest absolute Gasteiger partial charge is 0.235 e. The molecule has 0 aromatic rings. The van der Waals surface area contributed by atoms with Crippen molar-refractivity contribution in [1.82, 2.24) is 10.2 Å². The van der Waals surface area contributed by atoms with Crippen LogP contribution in [0.2, 0.25) is 0 Å². The molecule has 0 radical (unpaired) electrons. The minimum absolute atomic E-state index is 0.0264. The van der Waals surface area contributed by atoms with Gasteiger partial charge in [-0.25, -0.2) is 0 Å². The van der Waals surface area contributed by atoms with Crippen LogP contribution in [0.5, 0.6) is 0 Å². The van der Waals surface area contributed by atoms with Crippen LogP contribution in [0.15, 0.2) is 0 Å². The van der Waals surface area contributed by atoms with Gasteiger partial charge in [0.2, 0.25) is 5.91 Å². The van der Waals surface area contributed by atoms with Crippen LogP contribution in [0.25, 0.3) is 0 Å². The molecule has 1 aliphatic heterocycles. The van der Waals surface area contributed by atoms with Crippen molar-refractivity contribution in [3.05, 3.63) is 0 Å². The van der Waals surface area contributed by atoms with E-state index in [0.29, 0.717) is 13.2 Å². The van der Waals surface area contributed by atoms with E-state index in [1.807, 2.05) is 6.92 Å². The highest BCUT2D eigenvalue weighted by molar-refractivity contribution is 5.80. The Labute approximate surface area is 97.3 Å². The number of likely N-dealkylation sites (N-methyl/N-ethyl adjacent to an activating group) is 1. The molecular formula is C11H23N3O2. The van der Waals surface area contributed by atoms with E-state index in [1.54, 1.807) is 0 Å². The van der Waals surface area contributed by atoms with Gasteiger partial charge < -0.3 is 15.8 Å². The highest BCUT2D eigenvalue weighted by Crippen LogP contribution is 2.18. The minimum Gasteiger partial charge on any atom is -0.378 e. The summed E-state index contributed by atoms with van der Waals surface area (Å²) in [6.07, 6.45) is 0. The zero-order valence-electron chi connectivity index (χ0n) is 10.5. The predicted molar refractivity (Wildman–Crippen MR) is 63.1 cm³/mol. The molecular weight excluding hydrogens is 206 g/mol. The number of carbonyl (C=O) groups excluding carboxylic acids is 1. The van der Waals surface area contributed by atoms with Crippen LogP contribution in [0, 0.1) is 0 Å². The Bertz CT molecular complexity index is 243. The summed E-state index contributed by atoms with van der Waals surface area (Å²) in [5, 5.41) is 3.11. The van der Waals surface area contributed by atoms with Crippen LogP contribution in [-0.4, -0.2) is 55.2 Å². The number of nitrogens with one attached hydrogen (secondary N) is 1. The van der Waals surface area contributed by atoms with Gasteiger partial charge in [0.25, 0.3) is 0 Å². The lowest BCUT2D eigenvalue weighted by atomic mass is 10.0. The topological polar surface area (TPSA) is 67.6 Å². The van der Waals surface area contributed by atoms with E-state index in [-0.39, 0.29) is 17.5 Å². The standard InChI is InChI=1S/C11H23N3O2/c1-4-13-9(10(12)15)7-14-5-6-16-8-11(14,2)3/h9,13H,4-8H2,1-3H3,(H2,12,15). The van der Waals surface area contributed by atoms with Gasteiger partial charge in [0.15, 0.2) is 0 Å². The molecule has 1 rings (SSSR count). The molecule has 1 amide bonds. The number of ether oxygens (including phenoxy) is 1. The number of hydrogen-bond acceptors (Lipinski definition) is 4. The number of nitrogens with zero attached hydrogens (tertiary/aromatic N) is 1. The highest BCUT2D eigenvalue weighted by Gasteiger charge is 2.32. The van der Waals surface area contributed by atoms with Crippen molar-refractivity contribution in [2.45, 2.75) is 32.4 Å². The van der Waals surface area contributed by atoms with Gasteiger partial charge in [-0.15, -0.1) is 0 Å². The SMILES string of the molecule is CCNC(CN1CCOCC1(C)C)C(N)=O. The number of primary amides is 1. The predicted octanol–water partition coefficient (Wildman–Crippen LogP) is -0.439. The Kier molecular flexibility index (Phi) is 4.70. The van der Waals surface area contributed by atoms with Gasteiger partial charge in [0, 0.05) is 18.6 Å². The molecule has 1 fully saturated rings. The molecule has 1 aliphatic rings. The molecule has 1 unspecified atom stereocenters. The average Bonchev–Trinajstić information content (AvgIpc) is 2.19. The summed E-state index contributed by atoms with van der Waals surface area (Å²) in [6, 6.07) is -0.276. The van der Waals surface area contributed by atoms with Crippen LogP contribution in [0.1, 0.15) is 20.8 Å². The third-order valence-electron chi connectivity index (χ3n) is 3.01. The second kappa shape index (κ2) is 5.61. The van der Waals surface area contributed by atoms with Gasteiger partial charge in [0.05, 0.1) is 19.3 Å². The van der Waals surface area contributed by atoms with Crippen molar-refractivity contribution >= 4 is 5.91 Å². The number of morpholine rings is 1. The fraction of sp³-hybridized carbons (Fsp3) is 0.909. The highest BCUT2D eigenvalue weighted by atomic mass is 16.5. The number of carbonyl (C=O) groups is 1. The van der Waals surface area contributed by atoms with Crippen LogP contribution >= 0.6 is 0 Å². The zero-order chi connectivity index (χ0) is 12.2. The maximum atomic E-state index is 11.3. The second-order valence-electron chi connectivity index (χ2n) is 4.82. The Morgan fingerprint density at radius 3 is 2.81 bits per heavy atom. The zero-order valence-corrected chi connectivity index (χ0v) is 10.5. The maximum Gasteiger partial charge on any atom is 0.235 e. The molecule has 0 saturated carbocycles. The monoisotopic (exact) mass is 229 g/mol. The molecule has 5 nitrogen and oxygen atoms in total. The Hall–Kier alpha value is -0.650. The molecule has 94 valence electrons. The van der Waals surface area contributed by atoms with Gasteiger partial charge in [-0.2, -0.15) is 0 Å². The largest absolute Gasteiger partial charge is 0.378 e. The summed E-state index contributed by atoms with van der Waals surface area (Å²) in [4.78, 5) is 13.5. The van der Waals surface area contributed by atoms with Crippen molar-refractivity contribution in [1.29, 1.82) is 0 Å². The number of amides is 1. The molecule has 0 aliphatic carbocycles. The minimum atomic E-state index is -0.288. The molecule has 3 N–H and O–H groups in total. The van der Waals surface area contributed by atoms with E-state index in [1.165, 1.54) is 0 Å². The van der Waals surface area contributed by atoms with Crippen LogP contribution in [0.4, 0.5) is 0 Å². The molecule has 0 bridgehead atoms. The maximum absolute atomic E-state index is 11.3. The Morgan fingerprint density at radius 2 is 2.31 bits per heavy atom. The first-order chi connectivity index (χ1) is 7.47. The third kappa shape index (κ3) is 3.43. The van der Waals surface area contributed by atoms with Gasteiger partial charge in [0.1, 0.15) is 0 Å². The summed E-state index contributed by atoms with van der Waals surface area (Å²) in [5.74, 6) is -0.288. The third-order valence-corrected chi connectivity index (χ3v) is 3.01. The molecule has 1 saturated heterocycles. The molecule has 0 spiro atoms. The molecule has 0 aromatic heterocycles. The van der Waals surface area contributed by atoms with Crippen molar-refractivity contribution in [3.8, 4) is 0 Å². The summed E-state index contributed by atoms with van der Waals surface area (Å²) in [5.41, 5.74) is 5.34. The lowest BCUT2D eigenvalue weighted by Crippen LogP contribution is -2.59. The van der Waals surface area contributed by atoms with Gasteiger partial charge in [-0.05, 0) is 20.4 Å². The first-order valence-corrected chi connectivity index (χ1v) is 5.83. The first kappa shape index (κ1) is 13.4. The summed E-state index contributed by atoms with van der Waals surface area (Å²) in [7, 11) is 0. The first-order valence-electron chi connectivity index (χ1n) is 5.83. The fourth-order valence-corrected chi connectivity index (χ4v) is 1.95. The second-order valence-corrected chi connectivity index (χ2v) is 4.82. The summed E-state index contributed by atoms with van der Waals surface area (Å²) < 4.78 is 5.44. The van der Waals surface area contributed by atoms with E-state index in [2.05, 4.69) is 24.1 Å². The van der Waals surface area contributed by atoms with Crippen molar-refractivity contribution in [2.75, 3.05) is 32.8 Å². The normalized spacial score (nSPS) is 22.9. The number of rotatable bonds is 5. The average molecular weight is 229 g/mol. The van der Waals surface area contributed by atoms with E-state index < -0.39 is 0 Å². The van der Waals surface area contributed by atoms with E-state index in [0.717, 1.165) is 19.7 Å². The van der Waals surface area contributed by atoms with Gasteiger partial charge in [-0.3, -0.25) is 9.69 Å². The molecule has 1 atom stereocenters. The van der Waals surface area contributed by atoms with Crippen molar-refractivity contribution < 1.29 is 9.53 Å². The molecule has 1 heterocycles. The number of nitrogens with two attached hydrogens (primary N) is 1. The van der Waals surface area contributed by atoms with Crippen molar-refractivity contribution in [3.63, 3.8) is 0 Å². The molecule has 5 heteroatoms. The summed E-state index contributed by atoms with van der Waals surface area (Å²) >= 11 is 0. The Morgan fingerprint density at radius 1 is 1.62 bits per heavy atom. The lowest BCUT2D eigenvalue weighted by Gasteiger charge is -2.43. The van der Waals surface area contributed by atoms with Crippen LogP contribution < -0.4 is 11.1 Å². The van der Waals surface area contributed by atoms with Crippen LogP contribution in [0.3, 0.4) is 0 Å². The number of hydrogen-bond donors (Lipinski definition) is 2. The van der Waals surface area contributed by atoms with Crippen molar-refractivity contribution in [2.24, 2.45) is 5.73 Å². The van der Waals surface area contributed by atoms with E-state index in [9.17, 15) is 4.79 Å².